The van der Waals surface area contributed by atoms with E-state index in [-0.39, 0.29) is 5.63 Å². The lowest BCUT2D eigenvalue weighted by atomic mass is 10.2. The number of hydrogen-bond donors (Lipinski definition) is 0. The van der Waals surface area contributed by atoms with Crippen LogP contribution in [0.2, 0.25) is 0 Å². The summed E-state index contributed by atoms with van der Waals surface area (Å²) in [6.07, 6.45) is 5.27. The molecule has 0 bridgehead atoms. The summed E-state index contributed by atoms with van der Waals surface area (Å²) >= 11 is 0. The molecule has 2 heteroatoms. The van der Waals surface area contributed by atoms with Crippen molar-refractivity contribution in [2.24, 2.45) is 0 Å². The van der Waals surface area contributed by atoms with E-state index in [1.807, 2.05) is 19.9 Å². The molecule has 0 aliphatic carbocycles. The van der Waals surface area contributed by atoms with E-state index in [0.717, 1.165) is 10.8 Å². The zero-order valence-corrected chi connectivity index (χ0v) is 7.83. The first kappa shape index (κ1) is 9.52. The van der Waals surface area contributed by atoms with E-state index in [9.17, 15) is 4.79 Å². The van der Waals surface area contributed by atoms with Crippen molar-refractivity contribution in [2.45, 2.75) is 13.8 Å². The van der Waals surface area contributed by atoms with Crippen molar-refractivity contribution in [1.82, 2.24) is 0 Å². The van der Waals surface area contributed by atoms with Gasteiger partial charge in [0.15, 0.2) is 0 Å². The third kappa shape index (κ3) is 1.96. The highest BCUT2D eigenvalue weighted by Crippen LogP contribution is 1.79. The lowest BCUT2D eigenvalue weighted by Crippen LogP contribution is -2.30. The van der Waals surface area contributed by atoms with Crippen LogP contribution in [0.15, 0.2) is 27.9 Å². The van der Waals surface area contributed by atoms with Crippen molar-refractivity contribution in [3.63, 3.8) is 0 Å². The summed E-state index contributed by atoms with van der Waals surface area (Å²) < 4.78 is 5.00. The van der Waals surface area contributed by atoms with Gasteiger partial charge in [0.05, 0.1) is 0 Å². The van der Waals surface area contributed by atoms with Crippen LogP contribution in [-0.2, 0) is 0 Å². The van der Waals surface area contributed by atoms with Crippen molar-refractivity contribution in [3.8, 4) is 0 Å². The molecule has 0 atom stereocenters. The molecule has 1 aromatic heterocycles. The second-order valence-corrected chi connectivity index (χ2v) is 2.72. The minimum absolute atomic E-state index is 0.313. The Balaban J connectivity index is 3.79. The van der Waals surface area contributed by atoms with Crippen LogP contribution in [0, 0.1) is 6.92 Å². The molecule has 1 aromatic rings. The first-order valence-corrected chi connectivity index (χ1v) is 4.09. The van der Waals surface area contributed by atoms with Gasteiger partial charge in [0.2, 0.25) is 0 Å². The van der Waals surface area contributed by atoms with Gasteiger partial charge >= 0.3 is 5.63 Å². The third-order valence-electron chi connectivity index (χ3n) is 1.78. The predicted molar refractivity (Wildman–Crippen MR) is 53.8 cm³/mol. The zero-order valence-electron chi connectivity index (χ0n) is 7.83. The van der Waals surface area contributed by atoms with E-state index in [0.29, 0.717) is 5.42 Å². The first-order chi connectivity index (χ1) is 6.19. The molecule has 0 fully saturated rings. The average molecular weight is 176 g/mol. The highest BCUT2D eigenvalue weighted by molar-refractivity contribution is 5.38. The van der Waals surface area contributed by atoms with Crippen molar-refractivity contribution >= 4 is 12.2 Å². The molecule has 2 nitrogen and oxygen atoms in total. The maximum Gasteiger partial charge on any atom is 0.336 e. The van der Waals surface area contributed by atoms with Crippen LogP contribution in [0.1, 0.15) is 12.5 Å². The normalized spacial score (nSPS) is 13.4. The van der Waals surface area contributed by atoms with Crippen molar-refractivity contribution < 1.29 is 4.42 Å². The highest BCUT2D eigenvalue weighted by Gasteiger charge is 1.94. The molecule has 0 N–H and O–H groups in total. The second kappa shape index (κ2) is 3.90. The predicted octanol–water partition coefficient (Wildman–Crippen LogP) is 0.715. The Morgan fingerprint density at radius 2 is 2.23 bits per heavy atom. The minimum atomic E-state index is -0.313. The van der Waals surface area contributed by atoms with E-state index < -0.39 is 0 Å². The molecule has 0 saturated carbocycles. The summed E-state index contributed by atoms with van der Waals surface area (Å²) in [7, 11) is 0. The molecule has 0 spiro atoms. The number of rotatable bonds is 1. The van der Waals surface area contributed by atoms with Gasteiger partial charge < -0.3 is 4.42 Å². The fraction of sp³-hybridized carbons (Fsp3) is 0.182. The summed E-state index contributed by atoms with van der Waals surface area (Å²) in [6.45, 7) is 7.31. The largest absolute Gasteiger partial charge is 0.423 e. The van der Waals surface area contributed by atoms with E-state index in [1.54, 1.807) is 12.2 Å². The average Bonchev–Trinajstić information content (AvgIpc) is 2.09. The van der Waals surface area contributed by atoms with E-state index >= 15 is 0 Å². The summed E-state index contributed by atoms with van der Waals surface area (Å²) in [5.74, 6) is 0. The summed E-state index contributed by atoms with van der Waals surface area (Å²) in [6, 6.07) is 1.47. The molecular weight excluding hydrogens is 164 g/mol. The Hall–Kier alpha value is -1.57. The smallest absolute Gasteiger partial charge is 0.336 e. The van der Waals surface area contributed by atoms with Gasteiger partial charge in [-0.15, -0.1) is 0 Å². The van der Waals surface area contributed by atoms with Crippen LogP contribution in [0.25, 0.3) is 12.2 Å². The van der Waals surface area contributed by atoms with Crippen LogP contribution < -0.4 is 16.3 Å². The lowest BCUT2D eigenvalue weighted by Gasteiger charge is -1.92. The van der Waals surface area contributed by atoms with Crippen LogP contribution in [0.4, 0.5) is 0 Å². The van der Waals surface area contributed by atoms with E-state index in [4.69, 9.17) is 4.42 Å². The molecule has 0 aliphatic heterocycles. The Labute approximate surface area is 76.5 Å². The quantitative estimate of drug-likeness (QED) is 0.631. The fourth-order valence-electron chi connectivity index (χ4n) is 1.19. The standard InChI is InChI=1S/C11H12O2/c1-4-6-9-8(3)7-11(12)13-10(9)5-2/h4-7H,1H2,2-3H3/b9-6-,10-5+. The molecule has 1 rings (SSSR count). The van der Waals surface area contributed by atoms with Gasteiger partial charge in [0, 0.05) is 11.3 Å². The zero-order chi connectivity index (χ0) is 9.84. The Kier molecular flexibility index (Phi) is 2.85. The van der Waals surface area contributed by atoms with E-state index in [1.165, 1.54) is 6.07 Å². The van der Waals surface area contributed by atoms with Crippen molar-refractivity contribution in [2.75, 3.05) is 0 Å². The Morgan fingerprint density at radius 3 is 2.77 bits per heavy atom. The van der Waals surface area contributed by atoms with Gasteiger partial charge in [-0.3, -0.25) is 0 Å². The first-order valence-electron chi connectivity index (χ1n) is 4.09. The molecular formula is C11H12O2. The summed E-state index contributed by atoms with van der Waals surface area (Å²) in [5.41, 5.74) is 1.20. The fourth-order valence-corrected chi connectivity index (χ4v) is 1.19. The monoisotopic (exact) mass is 176 g/mol. The molecule has 0 unspecified atom stereocenters. The van der Waals surface area contributed by atoms with Gasteiger partial charge in [0.1, 0.15) is 5.42 Å². The second-order valence-electron chi connectivity index (χ2n) is 2.72. The van der Waals surface area contributed by atoms with Crippen molar-refractivity contribution in [3.05, 3.63) is 45.3 Å². The Morgan fingerprint density at radius 1 is 1.54 bits per heavy atom. The Bertz CT molecular complexity index is 478. The van der Waals surface area contributed by atoms with Crippen LogP contribution in [-0.4, -0.2) is 0 Å². The van der Waals surface area contributed by atoms with Gasteiger partial charge in [-0.05, 0) is 25.5 Å². The molecule has 0 aliphatic rings. The van der Waals surface area contributed by atoms with E-state index in [2.05, 4.69) is 6.58 Å². The summed E-state index contributed by atoms with van der Waals surface area (Å²) in [4.78, 5) is 11.0. The van der Waals surface area contributed by atoms with Crippen LogP contribution >= 0.6 is 0 Å². The minimum Gasteiger partial charge on any atom is -0.423 e. The highest BCUT2D eigenvalue weighted by atomic mass is 16.4. The van der Waals surface area contributed by atoms with Gasteiger partial charge in [-0.1, -0.05) is 18.7 Å². The SMILES string of the molecule is C=C/C=c1/c(C)cc(=O)o/c1=C/C. The molecule has 0 aromatic carbocycles. The van der Waals surface area contributed by atoms with Crippen molar-refractivity contribution in [1.29, 1.82) is 0 Å². The molecule has 13 heavy (non-hydrogen) atoms. The number of hydrogen-bond acceptors (Lipinski definition) is 2. The van der Waals surface area contributed by atoms with Gasteiger partial charge in [0.25, 0.3) is 0 Å². The maximum atomic E-state index is 11.0. The van der Waals surface area contributed by atoms with Crippen LogP contribution in [0.3, 0.4) is 0 Å². The topological polar surface area (TPSA) is 30.2 Å². The number of aryl methyl sites for hydroxylation is 1. The maximum absolute atomic E-state index is 11.0. The third-order valence-corrected chi connectivity index (χ3v) is 1.78. The summed E-state index contributed by atoms with van der Waals surface area (Å²) in [5, 5.41) is 0.914. The van der Waals surface area contributed by atoms with Crippen LogP contribution in [0.5, 0.6) is 0 Å². The van der Waals surface area contributed by atoms with Gasteiger partial charge in [-0.25, -0.2) is 4.79 Å². The number of allylic oxidation sites excluding steroid dienone is 1. The molecule has 1 heterocycles. The molecule has 0 amide bonds. The lowest BCUT2D eigenvalue weighted by molar-refractivity contribution is 0.471. The molecule has 0 saturated heterocycles. The molecule has 68 valence electrons. The van der Waals surface area contributed by atoms with Gasteiger partial charge in [-0.2, -0.15) is 0 Å². The molecule has 0 radical (unpaired) electrons.